The Morgan fingerprint density at radius 1 is 1.06 bits per heavy atom. The molecule has 3 aromatic rings. The second-order valence-electron chi connectivity index (χ2n) is 7.49. The quantitative estimate of drug-likeness (QED) is 0.483. The minimum absolute atomic E-state index is 0.165. The van der Waals surface area contributed by atoms with E-state index in [9.17, 15) is 4.79 Å². The van der Waals surface area contributed by atoms with Crippen LogP contribution in [0, 0.1) is 6.92 Å². The highest BCUT2D eigenvalue weighted by molar-refractivity contribution is 7.80. The second kappa shape index (κ2) is 9.35. The van der Waals surface area contributed by atoms with Crippen molar-refractivity contribution in [2.75, 3.05) is 25.5 Å². The van der Waals surface area contributed by atoms with Gasteiger partial charge in [-0.25, -0.2) is 4.99 Å². The fourth-order valence-electron chi connectivity index (χ4n) is 3.70. The van der Waals surface area contributed by atoms with E-state index in [-0.39, 0.29) is 11.7 Å². The molecule has 0 bridgehead atoms. The molecule has 2 aliphatic heterocycles. The fourth-order valence-corrected chi connectivity index (χ4v) is 4.03. The van der Waals surface area contributed by atoms with Gasteiger partial charge in [0.15, 0.2) is 6.40 Å². The molecule has 0 amide bonds. The van der Waals surface area contributed by atoms with Crippen LogP contribution >= 0.6 is 12.6 Å². The Bertz CT molecular complexity index is 1140. The summed E-state index contributed by atoms with van der Waals surface area (Å²) in [5.74, 6) is 0.447. The molecule has 158 valence electrons. The number of fused-ring (bicyclic) bond motifs is 1. The van der Waals surface area contributed by atoms with E-state index in [1.807, 2.05) is 30.3 Å². The summed E-state index contributed by atoms with van der Waals surface area (Å²) in [4.78, 5) is 21.2. The van der Waals surface area contributed by atoms with E-state index in [1.165, 1.54) is 11.8 Å². The zero-order chi connectivity index (χ0) is 21.7. The molecule has 5 rings (SSSR count). The van der Waals surface area contributed by atoms with E-state index < -0.39 is 5.54 Å². The Kier molecular flexibility index (Phi) is 6.37. The van der Waals surface area contributed by atoms with Crippen LogP contribution in [0.3, 0.4) is 0 Å². The third kappa shape index (κ3) is 4.49. The highest BCUT2D eigenvalue weighted by atomic mass is 32.1. The average molecular weight is 433 g/mol. The molecule has 3 aromatic carbocycles. The minimum Gasteiger partial charge on any atom is -0.482 e. The Morgan fingerprint density at radius 3 is 2.39 bits per heavy atom. The van der Waals surface area contributed by atoms with Gasteiger partial charge in [-0.1, -0.05) is 60.7 Å². The van der Waals surface area contributed by atoms with Crippen molar-refractivity contribution in [3.63, 3.8) is 0 Å². The molecule has 1 atom stereocenters. The lowest BCUT2D eigenvalue weighted by atomic mass is 9.88. The van der Waals surface area contributed by atoms with Gasteiger partial charge in [-0.05, 0) is 34.9 Å². The van der Waals surface area contributed by atoms with E-state index in [0.717, 1.165) is 29.7 Å². The van der Waals surface area contributed by atoms with Crippen LogP contribution in [-0.4, -0.2) is 43.6 Å². The Hall–Kier alpha value is -3.12. The van der Waals surface area contributed by atoms with Crippen molar-refractivity contribution >= 4 is 41.5 Å². The van der Waals surface area contributed by atoms with Crippen LogP contribution in [0.2, 0.25) is 0 Å². The lowest BCUT2D eigenvalue weighted by molar-refractivity contribution is 0.103. The molecule has 31 heavy (non-hydrogen) atoms. The second-order valence-corrected chi connectivity index (χ2v) is 7.80. The normalized spacial score (nSPS) is 19.2. The molecule has 0 saturated heterocycles. The molecular formula is C25H24N2O3S. The highest BCUT2D eigenvalue weighted by Gasteiger charge is 2.40. The van der Waals surface area contributed by atoms with Crippen LogP contribution in [0.1, 0.15) is 21.5 Å². The van der Waals surface area contributed by atoms with Gasteiger partial charge in [0, 0.05) is 11.3 Å². The van der Waals surface area contributed by atoms with Crippen LogP contribution in [0.25, 0.3) is 10.8 Å². The number of hydrogen-bond donors (Lipinski definition) is 1. The standard InChI is InChI=1S/C22H19NO2S.C3H5NO/c1-15-11-17-9-5-6-10-18(17)12-19(15)22(14-26)13-25-21(23-22)20(24)16-7-3-2-4-8-16;1-2-5-3-4-1/h2-12,26H,13-14H2,1H3;3H,1-2H2. The van der Waals surface area contributed by atoms with Crippen LogP contribution in [0.5, 0.6) is 0 Å². The van der Waals surface area contributed by atoms with Crippen LogP contribution < -0.4 is 0 Å². The van der Waals surface area contributed by atoms with Crippen LogP contribution in [-0.2, 0) is 15.0 Å². The van der Waals surface area contributed by atoms with Crippen molar-refractivity contribution in [3.05, 3.63) is 83.4 Å². The summed E-state index contributed by atoms with van der Waals surface area (Å²) < 4.78 is 10.4. The molecule has 2 aliphatic rings. The van der Waals surface area contributed by atoms with Crippen LogP contribution in [0.4, 0.5) is 0 Å². The number of aryl methyl sites for hydroxylation is 1. The molecule has 0 spiro atoms. The molecule has 2 heterocycles. The first-order valence-corrected chi connectivity index (χ1v) is 10.8. The lowest BCUT2D eigenvalue weighted by Gasteiger charge is -2.25. The number of carbonyl (C=O) groups excluding carboxylic acids is 1. The average Bonchev–Trinajstić information content (AvgIpc) is 3.53. The number of hydrogen-bond acceptors (Lipinski definition) is 6. The van der Waals surface area contributed by atoms with Gasteiger partial charge >= 0.3 is 0 Å². The minimum atomic E-state index is -0.642. The summed E-state index contributed by atoms with van der Waals surface area (Å²) in [5, 5.41) is 2.33. The van der Waals surface area contributed by atoms with Gasteiger partial charge in [-0.15, -0.1) is 0 Å². The topological polar surface area (TPSA) is 60.2 Å². The van der Waals surface area contributed by atoms with E-state index in [4.69, 9.17) is 9.73 Å². The van der Waals surface area contributed by atoms with E-state index in [2.05, 4.69) is 53.5 Å². The predicted molar refractivity (Wildman–Crippen MR) is 128 cm³/mol. The van der Waals surface area contributed by atoms with E-state index >= 15 is 0 Å². The van der Waals surface area contributed by atoms with Crippen molar-refractivity contribution in [3.8, 4) is 0 Å². The van der Waals surface area contributed by atoms with Crippen molar-refractivity contribution in [1.29, 1.82) is 0 Å². The Morgan fingerprint density at radius 2 is 1.77 bits per heavy atom. The van der Waals surface area contributed by atoms with Gasteiger partial charge in [-0.2, -0.15) is 12.6 Å². The summed E-state index contributed by atoms with van der Waals surface area (Å²) in [6, 6.07) is 21.6. The summed E-state index contributed by atoms with van der Waals surface area (Å²) >= 11 is 4.55. The smallest absolute Gasteiger partial charge is 0.259 e. The van der Waals surface area contributed by atoms with Gasteiger partial charge < -0.3 is 9.47 Å². The maximum absolute atomic E-state index is 12.7. The first kappa shape index (κ1) is 21.1. The third-order valence-corrected chi connectivity index (χ3v) is 5.86. The van der Waals surface area contributed by atoms with Crippen molar-refractivity contribution in [1.82, 2.24) is 0 Å². The van der Waals surface area contributed by atoms with Gasteiger partial charge in [0.05, 0.1) is 6.54 Å². The summed E-state index contributed by atoms with van der Waals surface area (Å²) in [7, 11) is 0. The van der Waals surface area contributed by atoms with Crippen molar-refractivity contribution < 1.29 is 14.3 Å². The van der Waals surface area contributed by atoms with Gasteiger partial charge in [0.2, 0.25) is 5.78 Å². The Labute approximate surface area is 187 Å². The molecule has 6 heteroatoms. The number of carbonyl (C=O) groups is 1. The SMILES string of the molecule is C1=NCCO1.Cc1cc2ccccc2cc1C1(CS)COC(C(=O)c2ccccc2)=N1. The number of nitrogens with zero attached hydrogens (tertiary/aromatic N) is 2. The zero-order valence-electron chi connectivity index (χ0n) is 17.3. The molecule has 0 fully saturated rings. The number of ketones is 1. The summed E-state index contributed by atoms with van der Waals surface area (Å²) in [6.07, 6.45) is 1.49. The Balaban J connectivity index is 0.000000407. The monoisotopic (exact) mass is 432 g/mol. The predicted octanol–water partition coefficient (Wildman–Crippen LogP) is 4.63. The molecule has 0 radical (unpaired) electrons. The number of thiol groups is 1. The molecule has 5 nitrogen and oxygen atoms in total. The summed E-state index contributed by atoms with van der Waals surface area (Å²) in [6.45, 7) is 4.02. The van der Waals surface area contributed by atoms with Gasteiger partial charge in [-0.3, -0.25) is 9.79 Å². The molecule has 0 saturated carbocycles. The van der Waals surface area contributed by atoms with Gasteiger partial charge in [0.25, 0.3) is 5.90 Å². The highest BCUT2D eigenvalue weighted by Crippen LogP contribution is 2.36. The summed E-state index contributed by atoms with van der Waals surface area (Å²) in [5.41, 5.74) is 2.12. The number of Topliss-reactive ketones (excluding diaryl/α,β-unsaturated/α-hetero) is 1. The first-order valence-electron chi connectivity index (χ1n) is 10.2. The largest absolute Gasteiger partial charge is 0.482 e. The lowest BCUT2D eigenvalue weighted by Crippen LogP contribution is -2.28. The zero-order valence-corrected chi connectivity index (χ0v) is 18.2. The van der Waals surface area contributed by atoms with Crippen molar-refractivity contribution in [2.24, 2.45) is 9.98 Å². The molecule has 0 N–H and O–H groups in total. The molecule has 1 unspecified atom stereocenters. The van der Waals surface area contributed by atoms with Gasteiger partial charge in [0.1, 0.15) is 18.8 Å². The van der Waals surface area contributed by atoms with Crippen molar-refractivity contribution in [2.45, 2.75) is 12.5 Å². The van der Waals surface area contributed by atoms with E-state index in [1.54, 1.807) is 12.1 Å². The number of ether oxygens (including phenoxy) is 2. The number of benzene rings is 3. The fraction of sp³-hybridized carbons (Fsp3) is 0.240. The first-order chi connectivity index (χ1) is 15.1. The van der Waals surface area contributed by atoms with Crippen LogP contribution in [0.15, 0.2) is 76.7 Å². The molecular weight excluding hydrogens is 408 g/mol. The number of rotatable bonds is 4. The molecule has 0 aliphatic carbocycles. The van der Waals surface area contributed by atoms with E-state index in [0.29, 0.717) is 17.9 Å². The third-order valence-electron chi connectivity index (χ3n) is 5.34. The molecule has 0 aromatic heterocycles. The maximum Gasteiger partial charge on any atom is 0.259 e. The maximum atomic E-state index is 12.7. The number of aliphatic imine (C=N–C) groups is 2.